The second kappa shape index (κ2) is 11.1. The molecule has 0 saturated heterocycles. The van der Waals surface area contributed by atoms with Crippen LogP contribution in [-0.2, 0) is 9.73 Å². The summed E-state index contributed by atoms with van der Waals surface area (Å²) in [6.07, 6.45) is 2.88. The minimum absolute atomic E-state index is 0.0532. The molecule has 11 heteroatoms. The molecule has 0 saturated carbocycles. The molecule has 4 aromatic rings. The van der Waals surface area contributed by atoms with Gasteiger partial charge in [-0.1, -0.05) is 30.3 Å². The quantitative estimate of drug-likeness (QED) is 0.239. The molecule has 1 atom stereocenters. The molecule has 3 aromatic carbocycles. The van der Waals surface area contributed by atoms with Gasteiger partial charge in [0.2, 0.25) is 5.95 Å². The number of hydrogen-bond acceptors (Lipinski definition) is 7. The summed E-state index contributed by atoms with van der Waals surface area (Å²) in [6, 6.07) is 20.1. The molecule has 4 N–H and O–H groups in total. The Kier molecular flexibility index (Phi) is 7.42. The van der Waals surface area contributed by atoms with Crippen molar-refractivity contribution in [2.75, 3.05) is 40.2 Å². The van der Waals surface area contributed by atoms with Crippen molar-refractivity contribution in [2.45, 2.75) is 17.7 Å². The maximum atomic E-state index is 15.1. The molecule has 0 fully saturated rings. The molecule has 1 aliphatic heterocycles. The Bertz CT molecular complexity index is 1610. The number of carbonyl (C=O) groups is 1. The fourth-order valence-electron chi connectivity index (χ4n) is 4.20. The average Bonchev–Trinajstić information content (AvgIpc) is 2.94. The Morgan fingerprint density at radius 2 is 1.90 bits per heavy atom. The van der Waals surface area contributed by atoms with Gasteiger partial charge in [-0.25, -0.2) is 23.2 Å². The molecule has 2 amide bonds. The molecule has 0 radical (unpaired) electrons. The van der Waals surface area contributed by atoms with Crippen LogP contribution in [0, 0.1) is 10.6 Å². The van der Waals surface area contributed by atoms with Crippen LogP contribution in [0.2, 0.25) is 0 Å². The third-order valence-corrected chi connectivity index (χ3v) is 8.26. The molecular formula is C28H28FN7O2S. The van der Waals surface area contributed by atoms with Gasteiger partial charge in [0.15, 0.2) is 0 Å². The molecule has 39 heavy (non-hydrogen) atoms. The van der Waals surface area contributed by atoms with Crippen molar-refractivity contribution in [1.29, 1.82) is 4.78 Å². The van der Waals surface area contributed by atoms with Crippen LogP contribution in [0.25, 0.3) is 11.1 Å². The van der Waals surface area contributed by atoms with Gasteiger partial charge in [-0.2, -0.15) is 4.98 Å². The summed E-state index contributed by atoms with van der Waals surface area (Å²) >= 11 is 0. The van der Waals surface area contributed by atoms with E-state index in [4.69, 9.17) is 4.78 Å². The summed E-state index contributed by atoms with van der Waals surface area (Å²) in [7, 11) is -1.30. The van der Waals surface area contributed by atoms with Gasteiger partial charge in [0.25, 0.3) is 0 Å². The zero-order valence-electron chi connectivity index (χ0n) is 21.3. The van der Waals surface area contributed by atoms with Gasteiger partial charge in [-0.3, -0.25) is 4.90 Å². The van der Waals surface area contributed by atoms with E-state index in [0.717, 1.165) is 0 Å². The van der Waals surface area contributed by atoms with Crippen LogP contribution in [0.4, 0.5) is 38.0 Å². The molecule has 2 heterocycles. The highest BCUT2D eigenvalue weighted by atomic mass is 32.2. The summed E-state index contributed by atoms with van der Waals surface area (Å²) in [5.41, 5.74) is 2.48. The first-order chi connectivity index (χ1) is 18.8. The zero-order valence-corrected chi connectivity index (χ0v) is 22.1. The highest BCUT2D eigenvalue weighted by Crippen LogP contribution is 2.31. The summed E-state index contributed by atoms with van der Waals surface area (Å²) in [4.78, 5) is 23.5. The maximum absolute atomic E-state index is 15.1. The Morgan fingerprint density at radius 1 is 1.08 bits per heavy atom. The third kappa shape index (κ3) is 5.99. The number of halogens is 1. The van der Waals surface area contributed by atoms with Gasteiger partial charge < -0.3 is 16.0 Å². The van der Waals surface area contributed by atoms with Crippen molar-refractivity contribution < 1.29 is 13.4 Å². The Morgan fingerprint density at radius 3 is 2.69 bits per heavy atom. The standard InChI is InChI=1S/C28H28FN7O2S/c1-36(21-9-3-2-4-10-21)28(37)34-25-13-12-19(16-24(25)29)23-18-32-27-33-20-8-7-11-22(17-20)39(30,38)15-6-5-14-31-26(23)35-27/h2-4,7-13,16-18,30H,5-6,14-15H2,1H3,(H,34,37)(H2,31,32,33,35). The molecule has 1 aromatic heterocycles. The molecule has 200 valence electrons. The molecule has 1 aliphatic rings. The third-order valence-electron chi connectivity index (χ3n) is 6.38. The van der Waals surface area contributed by atoms with E-state index in [1.807, 2.05) is 18.2 Å². The molecule has 4 bridgehead atoms. The number of benzene rings is 3. The van der Waals surface area contributed by atoms with E-state index < -0.39 is 21.6 Å². The molecule has 1 unspecified atom stereocenters. The number of hydrogen-bond donors (Lipinski definition) is 4. The highest BCUT2D eigenvalue weighted by Gasteiger charge is 2.17. The Labute approximate surface area is 226 Å². The van der Waals surface area contributed by atoms with Gasteiger partial charge in [0.1, 0.15) is 11.6 Å². The van der Waals surface area contributed by atoms with E-state index >= 15 is 4.39 Å². The van der Waals surface area contributed by atoms with Gasteiger partial charge >= 0.3 is 6.03 Å². The number of amides is 2. The molecule has 9 nitrogen and oxygen atoms in total. The number of carbonyl (C=O) groups excluding carboxylic acids is 1. The number of rotatable bonds is 3. The van der Waals surface area contributed by atoms with Crippen molar-refractivity contribution >= 4 is 44.6 Å². The van der Waals surface area contributed by atoms with Crippen molar-refractivity contribution in [3.8, 4) is 11.1 Å². The van der Waals surface area contributed by atoms with Crippen LogP contribution in [0.5, 0.6) is 0 Å². The van der Waals surface area contributed by atoms with Crippen molar-refractivity contribution in [2.24, 2.45) is 0 Å². The van der Waals surface area contributed by atoms with Crippen LogP contribution in [0.3, 0.4) is 0 Å². The van der Waals surface area contributed by atoms with E-state index in [1.54, 1.807) is 55.7 Å². The smallest absolute Gasteiger partial charge is 0.326 e. The Hall–Kier alpha value is -4.51. The monoisotopic (exact) mass is 545 g/mol. The minimum atomic E-state index is -2.91. The first kappa shape index (κ1) is 26.1. The molecular weight excluding hydrogens is 517 g/mol. The number of anilines is 5. The van der Waals surface area contributed by atoms with E-state index in [0.29, 0.717) is 58.5 Å². The second-order valence-corrected chi connectivity index (χ2v) is 11.4. The van der Waals surface area contributed by atoms with E-state index in [1.165, 1.54) is 17.0 Å². The summed E-state index contributed by atoms with van der Waals surface area (Å²) in [5.74, 6) is 0.479. The fourth-order valence-corrected chi connectivity index (χ4v) is 5.67. The van der Waals surface area contributed by atoms with Gasteiger partial charge in [0, 0.05) is 47.4 Å². The van der Waals surface area contributed by atoms with Crippen LogP contribution in [-0.4, -0.2) is 39.6 Å². The van der Waals surface area contributed by atoms with Crippen molar-refractivity contribution in [1.82, 2.24) is 9.97 Å². The lowest BCUT2D eigenvalue weighted by atomic mass is 10.1. The second-order valence-electron chi connectivity index (χ2n) is 9.14. The maximum Gasteiger partial charge on any atom is 0.326 e. The topological polar surface area (TPSA) is 123 Å². The van der Waals surface area contributed by atoms with E-state index in [2.05, 4.69) is 25.9 Å². The normalized spacial score (nSPS) is 16.9. The lowest BCUT2D eigenvalue weighted by Crippen LogP contribution is -2.31. The lowest BCUT2D eigenvalue weighted by Gasteiger charge is -2.18. The fraction of sp³-hybridized carbons (Fsp3) is 0.179. The van der Waals surface area contributed by atoms with E-state index in [9.17, 15) is 9.00 Å². The zero-order chi connectivity index (χ0) is 27.4. The number of nitrogens with one attached hydrogen (secondary N) is 4. The first-order valence-electron chi connectivity index (χ1n) is 12.4. The van der Waals surface area contributed by atoms with Crippen LogP contribution >= 0.6 is 0 Å². The first-order valence-corrected chi connectivity index (χ1v) is 14.2. The van der Waals surface area contributed by atoms with Crippen LogP contribution < -0.4 is 20.9 Å². The van der Waals surface area contributed by atoms with Gasteiger partial charge in [0.05, 0.1) is 15.4 Å². The summed E-state index contributed by atoms with van der Waals surface area (Å²) < 4.78 is 36.4. The Balaban J connectivity index is 1.40. The average molecular weight is 546 g/mol. The van der Waals surface area contributed by atoms with Crippen molar-refractivity contribution in [3.05, 3.63) is 84.8 Å². The van der Waals surface area contributed by atoms with Crippen molar-refractivity contribution in [3.63, 3.8) is 0 Å². The predicted molar refractivity (Wildman–Crippen MR) is 153 cm³/mol. The van der Waals surface area contributed by atoms with E-state index in [-0.39, 0.29) is 11.4 Å². The number of nitrogens with zero attached hydrogens (tertiary/aromatic N) is 3. The molecule has 0 aliphatic carbocycles. The summed E-state index contributed by atoms with van der Waals surface area (Å²) in [5, 5.41) is 9.00. The van der Waals surface area contributed by atoms with Gasteiger partial charge in [-0.05, 0) is 60.9 Å². The number of aromatic nitrogens is 2. The predicted octanol–water partition coefficient (Wildman–Crippen LogP) is 6.31. The highest BCUT2D eigenvalue weighted by molar-refractivity contribution is 7.92. The number of para-hydroxylation sites is 1. The summed E-state index contributed by atoms with van der Waals surface area (Å²) in [6.45, 7) is 0.527. The SMILES string of the molecule is CN(C(=O)Nc1ccc(-c2cnc3nc2NCCCCS(=N)(=O)c2cccc(c2)N3)cc1F)c1ccccc1. The minimum Gasteiger partial charge on any atom is -0.369 e. The van der Waals surface area contributed by atoms with Gasteiger partial charge in [-0.15, -0.1) is 0 Å². The number of urea groups is 1. The van der Waals surface area contributed by atoms with Crippen LogP contribution in [0.1, 0.15) is 12.8 Å². The largest absolute Gasteiger partial charge is 0.369 e. The molecule has 0 spiro atoms. The lowest BCUT2D eigenvalue weighted by molar-refractivity contribution is 0.258. The number of fused-ring (bicyclic) bond motifs is 4. The van der Waals surface area contributed by atoms with Crippen LogP contribution in [0.15, 0.2) is 83.9 Å². The molecule has 5 rings (SSSR count).